The summed E-state index contributed by atoms with van der Waals surface area (Å²) in [5, 5.41) is 9.57. The number of unbranched alkanes of at least 4 members (excludes halogenated alkanes) is 14. The maximum absolute atomic E-state index is 12.2. The predicted octanol–water partition coefficient (Wildman–Crippen LogP) is 14.1. The third-order valence-electron chi connectivity index (χ3n) is 8.86. The third-order valence-corrected chi connectivity index (χ3v) is 8.86. The van der Waals surface area contributed by atoms with Crippen molar-refractivity contribution in [2.75, 3.05) is 13.2 Å². The summed E-state index contributed by atoms with van der Waals surface area (Å²) < 4.78 is 10.6. The number of ether oxygens (including phenoxy) is 2. The van der Waals surface area contributed by atoms with Crippen LogP contribution in [-0.2, 0) is 19.1 Å². The minimum absolute atomic E-state index is 0.0839. The zero-order valence-electron chi connectivity index (χ0n) is 34.7. The number of esters is 2. The predicted molar refractivity (Wildman–Crippen MR) is 232 cm³/mol. The summed E-state index contributed by atoms with van der Waals surface area (Å²) in [5.41, 5.74) is 0. The standard InChI is InChI=1S/C49H80O5/c1-3-5-7-9-11-13-15-17-18-19-20-21-22-23-24-25-26-27-28-29-30-32-34-36-38-40-42-44-49(52)54-47(45-50)46-53-48(51)43-41-39-37-35-33-31-16-14-12-10-8-6-4-2/h5,7,11,13-14,16-18,20-21,23-24,26-27,29-30,47,50H,3-4,6,8-10,12,15,19,22,25,28,31-46H2,1-2H3/b7-5-,13-11-,16-14-,18-17-,21-20-,24-23-,27-26-,30-29-. The molecule has 0 amide bonds. The molecule has 306 valence electrons. The first kappa shape index (κ1) is 50.8. The van der Waals surface area contributed by atoms with Gasteiger partial charge in [-0.3, -0.25) is 9.59 Å². The molecule has 1 atom stereocenters. The molecule has 1 N–H and O–H groups in total. The Kier molecular flexibility index (Phi) is 41.6. The van der Waals surface area contributed by atoms with Crippen molar-refractivity contribution in [2.24, 2.45) is 0 Å². The van der Waals surface area contributed by atoms with Crippen molar-refractivity contribution in [3.8, 4) is 0 Å². The van der Waals surface area contributed by atoms with Crippen LogP contribution in [0.25, 0.3) is 0 Å². The molecule has 0 aromatic carbocycles. The van der Waals surface area contributed by atoms with E-state index in [0.717, 1.165) is 109 Å². The number of carbonyl (C=O) groups is 2. The van der Waals surface area contributed by atoms with Crippen molar-refractivity contribution in [3.63, 3.8) is 0 Å². The molecular weight excluding hydrogens is 669 g/mol. The van der Waals surface area contributed by atoms with E-state index < -0.39 is 6.10 Å². The molecule has 0 rings (SSSR count). The van der Waals surface area contributed by atoms with Crippen molar-refractivity contribution in [1.82, 2.24) is 0 Å². The molecule has 0 bridgehead atoms. The van der Waals surface area contributed by atoms with Crippen LogP contribution in [0.15, 0.2) is 97.2 Å². The van der Waals surface area contributed by atoms with Crippen LogP contribution in [0.1, 0.15) is 181 Å². The van der Waals surface area contributed by atoms with Gasteiger partial charge < -0.3 is 14.6 Å². The lowest BCUT2D eigenvalue weighted by atomic mass is 10.1. The maximum atomic E-state index is 12.2. The quantitative estimate of drug-likeness (QED) is 0.0387. The molecule has 0 radical (unpaired) electrons. The van der Waals surface area contributed by atoms with Gasteiger partial charge in [-0.15, -0.1) is 0 Å². The highest BCUT2D eigenvalue weighted by molar-refractivity contribution is 5.70. The van der Waals surface area contributed by atoms with Crippen LogP contribution in [0.5, 0.6) is 0 Å². The summed E-state index contributed by atoms with van der Waals surface area (Å²) in [7, 11) is 0. The highest BCUT2D eigenvalue weighted by Crippen LogP contribution is 2.11. The topological polar surface area (TPSA) is 72.8 Å². The molecule has 1 unspecified atom stereocenters. The van der Waals surface area contributed by atoms with Crippen molar-refractivity contribution < 1.29 is 24.2 Å². The lowest BCUT2D eigenvalue weighted by Crippen LogP contribution is -2.28. The monoisotopic (exact) mass is 749 g/mol. The van der Waals surface area contributed by atoms with Gasteiger partial charge in [0.05, 0.1) is 6.61 Å². The maximum Gasteiger partial charge on any atom is 0.306 e. The Morgan fingerprint density at radius 2 is 0.796 bits per heavy atom. The molecule has 0 aliphatic heterocycles. The van der Waals surface area contributed by atoms with Crippen molar-refractivity contribution in [3.05, 3.63) is 97.2 Å². The van der Waals surface area contributed by atoms with Gasteiger partial charge >= 0.3 is 11.9 Å². The van der Waals surface area contributed by atoms with E-state index in [1.165, 1.54) is 44.9 Å². The fourth-order valence-electron chi connectivity index (χ4n) is 5.59. The summed E-state index contributed by atoms with van der Waals surface area (Å²) in [5.74, 6) is -0.632. The Hall–Kier alpha value is -3.18. The Labute approximate surface area is 332 Å². The number of allylic oxidation sites excluding steroid dienone is 16. The zero-order chi connectivity index (χ0) is 39.3. The molecule has 0 aromatic rings. The number of carbonyl (C=O) groups excluding carboxylic acids is 2. The molecule has 5 heteroatoms. The zero-order valence-corrected chi connectivity index (χ0v) is 34.7. The fourth-order valence-corrected chi connectivity index (χ4v) is 5.59. The van der Waals surface area contributed by atoms with Gasteiger partial charge in [-0.05, 0) is 96.3 Å². The third kappa shape index (κ3) is 41.6. The first-order valence-electron chi connectivity index (χ1n) is 21.8. The first-order valence-corrected chi connectivity index (χ1v) is 21.8. The first-order chi connectivity index (χ1) is 26.6. The SMILES string of the molecule is CC/C=C\C/C=C\C/C=C\C/C=C\C/C=C\C/C=C\C/C=C\CCCCCCCC(=O)OC(CO)COC(=O)CCCCCCC/C=C\CCCCCC. The number of hydrogen-bond donors (Lipinski definition) is 1. The van der Waals surface area contributed by atoms with Crippen LogP contribution in [0, 0.1) is 0 Å². The molecule has 54 heavy (non-hydrogen) atoms. The molecule has 0 fully saturated rings. The number of aliphatic hydroxyl groups is 1. The number of rotatable bonds is 38. The largest absolute Gasteiger partial charge is 0.462 e. The van der Waals surface area contributed by atoms with Crippen molar-refractivity contribution in [1.29, 1.82) is 0 Å². The highest BCUT2D eigenvalue weighted by Gasteiger charge is 2.16. The summed E-state index contributed by atoms with van der Waals surface area (Å²) in [6.07, 6.45) is 61.9. The van der Waals surface area contributed by atoms with E-state index in [4.69, 9.17) is 9.47 Å². The van der Waals surface area contributed by atoms with E-state index in [9.17, 15) is 14.7 Å². The summed E-state index contributed by atoms with van der Waals surface area (Å²) in [6, 6.07) is 0. The Morgan fingerprint density at radius 1 is 0.444 bits per heavy atom. The van der Waals surface area contributed by atoms with Crippen LogP contribution in [-0.4, -0.2) is 36.4 Å². The smallest absolute Gasteiger partial charge is 0.306 e. The molecule has 0 aliphatic rings. The van der Waals surface area contributed by atoms with Crippen LogP contribution in [0.3, 0.4) is 0 Å². The Morgan fingerprint density at radius 3 is 1.22 bits per heavy atom. The van der Waals surface area contributed by atoms with E-state index in [2.05, 4.69) is 111 Å². The number of hydrogen-bond acceptors (Lipinski definition) is 5. The van der Waals surface area contributed by atoms with Gasteiger partial charge in [-0.25, -0.2) is 0 Å². The molecule has 0 aromatic heterocycles. The van der Waals surface area contributed by atoms with Gasteiger partial charge in [0.15, 0.2) is 6.10 Å². The molecule has 0 saturated heterocycles. The van der Waals surface area contributed by atoms with E-state index in [1.807, 2.05) is 0 Å². The average Bonchev–Trinajstić information content (AvgIpc) is 3.17. The molecule has 0 spiro atoms. The van der Waals surface area contributed by atoms with Gasteiger partial charge in [-0.1, -0.05) is 169 Å². The van der Waals surface area contributed by atoms with E-state index in [-0.39, 0.29) is 25.2 Å². The lowest BCUT2D eigenvalue weighted by Gasteiger charge is -2.15. The van der Waals surface area contributed by atoms with E-state index >= 15 is 0 Å². The van der Waals surface area contributed by atoms with Crippen molar-refractivity contribution in [2.45, 2.75) is 187 Å². The van der Waals surface area contributed by atoms with Gasteiger partial charge in [0.1, 0.15) is 6.61 Å². The lowest BCUT2D eigenvalue weighted by molar-refractivity contribution is -0.161. The normalized spacial score (nSPS) is 13.2. The molecular formula is C49H80O5. The number of aliphatic hydroxyl groups excluding tert-OH is 1. The molecule has 0 heterocycles. The molecule has 0 aliphatic carbocycles. The average molecular weight is 749 g/mol. The van der Waals surface area contributed by atoms with E-state index in [0.29, 0.717) is 12.8 Å². The highest BCUT2D eigenvalue weighted by atomic mass is 16.6. The van der Waals surface area contributed by atoms with E-state index in [1.54, 1.807) is 0 Å². The summed E-state index contributed by atoms with van der Waals surface area (Å²) in [6.45, 7) is 3.97. The molecule has 5 nitrogen and oxygen atoms in total. The second kappa shape index (κ2) is 44.2. The summed E-state index contributed by atoms with van der Waals surface area (Å²) >= 11 is 0. The van der Waals surface area contributed by atoms with Crippen LogP contribution in [0.4, 0.5) is 0 Å². The fraction of sp³-hybridized carbons (Fsp3) is 0.633. The van der Waals surface area contributed by atoms with Crippen LogP contribution in [0.2, 0.25) is 0 Å². The van der Waals surface area contributed by atoms with Crippen LogP contribution >= 0.6 is 0 Å². The van der Waals surface area contributed by atoms with Gasteiger partial charge in [0, 0.05) is 12.8 Å². The van der Waals surface area contributed by atoms with Crippen molar-refractivity contribution >= 4 is 11.9 Å². The summed E-state index contributed by atoms with van der Waals surface area (Å²) in [4.78, 5) is 24.3. The van der Waals surface area contributed by atoms with Gasteiger partial charge in [0.25, 0.3) is 0 Å². The minimum atomic E-state index is -0.791. The van der Waals surface area contributed by atoms with Gasteiger partial charge in [-0.2, -0.15) is 0 Å². The van der Waals surface area contributed by atoms with Crippen LogP contribution < -0.4 is 0 Å². The minimum Gasteiger partial charge on any atom is -0.462 e. The second-order valence-corrected chi connectivity index (χ2v) is 14.0. The second-order valence-electron chi connectivity index (χ2n) is 14.0. The molecule has 0 saturated carbocycles. The Balaban J connectivity index is 3.66. The Bertz CT molecular complexity index is 1070. The van der Waals surface area contributed by atoms with Gasteiger partial charge in [0.2, 0.25) is 0 Å².